The highest BCUT2D eigenvalue weighted by Crippen LogP contribution is 2.22. The summed E-state index contributed by atoms with van der Waals surface area (Å²) in [5.41, 5.74) is 1.52. The maximum Gasteiger partial charge on any atom is 0.337 e. The number of anilines is 1. The van der Waals surface area contributed by atoms with Crippen LogP contribution in [0.2, 0.25) is 0 Å². The number of hydrogen-bond donors (Lipinski definition) is 1. The first-order chi connectivity index (χ1) is 12.8. The van der Waals surface area contributed by atoms with E-state index in [-0.39, 0.29) is 11.3 Å². The fraction of sp³-hybridized carbons (Fsp3) is 0.105. The third-order valence-electron chi connectivity index (χ3n) is 3.68. The number of benzene rings is 2. The molecule has 0 bridgehead atoms. The number of nitriles is 1. The first-order valence-electron chi connectivity index (χ1n) is 7.72. The molecule has 0 fully saturated rings. The Kier molecular flexibility index (Phi) is 6.02. The zero-order chi connectivity index (χ0) is 20.0. The van der Waals surface area contributed by atoms with Crippen molar-refractivity contribution in [2.24, 2.45) is 0 Å². The Morgan fingerprint density at radius 2 is 1.89 bits per heavy atom. The number of carbonyl (C=O) groups is 2. The molecule has 2 aromatic rings. The average molecular weight is 365 g/mol. The topological polar surface area (TPSA) is 122 Å². The van der Waals surface area contributed by atoms with Crippen LogP contribution < -0.4 is 5.32 Å². The molecule has 2 rings (SSSR count). The summed E-state index contributed by atoms with van der Waals surface area (Å²) < 4.78 is 4.60. The standard InChI is InChI=1S/C19H15N3O5/c1-12-9-16(22(25)26)7-8-17(12)21-18(23)15(11-20)10-13-3-5-14(6-4-13)19(24)27-2/h3-10H,1-2H3,(H,21,23). The molecule has 27 heavy (non-hydrogen) atoms. The fourth-order valence-corrected chi connectivity index (χ4v) is 2.24. The van der Waals surface area contributed by atoms with E-state index >= 15 is 0 Å². The van der Waals surface area contributed by atoms with Crippen LogP contribution in [0.15, 0.2) is 48.0 Å². The number of rotatable bonds is 5. The van der Waals surface area contributed by atoms with Crippen LogP contribution >= 0.6 is 0 Å². The van der Waals surface area contributed by atoms with Gasteiger partial charge in [0.1, 0.15) is 11.6 Å². The van der Waals surface area contributed by atoms with E-state index in [0.29, 0.717) is 22.4 Å². The number of nitrogens with zero attached hydrogens (tertiary/aromatic N) is 2. The normalized spacial score (nSPS) is 10.6. The van der Waals surface area contributed by atoms with E-state index in [0.717, 1.165) is 0 Å². The smallest absolute Gasteiger partial charge is 0.337 e. The van der Waals surface area contributed by atoms with Gasteiger partial charge in [-0.05, 0) is 42.3 Å². The summed E-state index contributed by atoms with van der Waals surface area (Å²) in [6, 6.07) is 12.0. The van der Waals surface area contributed by atoms with Gasteiger partial charge in [0.25, 0.3) is 11.6 Å². The number of nitro groups is 1. The molecule has 2 aromatic carbocycles. The van der Waals surface area contributed by atoms with Crippen LogP contribution in [-0.4, -0.2) is 23.9 Å². The van der Waals surface area contributed by atoms with Crippen molar-refractivity contribution in [2.45, 2.75) is 6.92 Å². The van der Waals surface area contributed by atoms with E-state index < -0.39 is 16.8 Å². The van der Waals surface area contributed by atoms with Crippen LogP contribution in [0, 0.1) is 28.4 Å². The van der Waals surface area contributed by atoms with E-state index in [2.05, 4.69) is 10.1 Å². The summed E-state index contributed by atoms with van der Waals surface area (Å²) in [6.45, 7) is 1.61. The van der Waals surface area contributed by atoms with Crippen molar-refractivity contribution in [3.8, 4) is 6.07 Å². The molecule has 0 radical (unpaired) electrons. The van der Waals surface area contributed by atoms with Gasteiger partial charge in [0.15, 0.2) is 0 Å². The molecule has 8 heteroatoms. The molecule has 136 valence electrons. The van der Waals surface area contributed by atoms with Gasteiger partial charge in [0.05, 0.1) is 17.6 Å². The molecule has 0 heterocycles. The second-order valence-electron chi connectivity index (χ2n) is 5.49. The molecule has 0 atom stereocenters. The summed E-state index contributed by atoms with van der Waals surface area (Å²) in [5, 5.41) is 22.6. The van der Waals surface area contributed by atoms with Gasteiger partial charge in [0, 0.05) is 17.8 Å². The Morgan fingerprint density at radius 1 is 1.22 bits per heavy atom. The second kappa shape index (κ2) is 8.40. The molecule has 0 saturated carbocycles. The summed E-state index contributed by atoms with van der Waals surface area (Å²) in [6.07, 6.45) is 1.37. The molecular weight excluding hydrogens is 350 g/mol. The number of amides is 1. The maximum atomic E-state index is 12.3. The van der Waals surface area contributed by atoms with E-state index in [1.165, 1.54) is 43.5 Å². The zero-order valence-electron chi connectivity index (χ0n) is 14.6. The van der Waals surface area contributed by atoms with E-state index in [1.54, 1.807) is 19.1 Å². The number of esters is 1. The molecule has 8 nitrogen and oxygen atoms in total. The molecule has 1 amide bonds. The van der Waals surface area contributed by atoms with Crippen molar-refractivity contribution in [3.05, 3.63) is 74.8 Å². The van der Waals surface area contributed by atoms with E-state index in [4.69, 9.17) is 0 Å². The number of ether oxygens (including phenoxy) is 1. The highest BCUT2D eigenvalue weighted by molar-refractivity contribution is 6.10. The Hall–Kier alpha value is -3.99. The lowest BCUT2D eigenvalue weighted by molar-refractivity contribution is -0.384. The monoisotopic (exact) mass is 365 g/mol. The maximum absolute atomic E-state index is 12.3. The van der Waals surface area contributed by atoms with Gasteiger partial charge in [-0.15, -0.1) is 0 Å². The summed E-state index contributed by atoms with van der Waals surface area (Å²) in [4.78, 5) is 34.0. The first kappa shape index (κ1) is 19.3. The van der Waals surface area contributed by atoms with Crippen LogP contribution in [0.25, 0.3) is 6.08 Å². The number of hydrogen-bond acceptors (Lipinski definition) is 6. The lowest BCUT2D eigenvalue weighted by Gasteiger charge is -2.07. The SMILES string of the molecule is COC(=O)c1ccc(C=C(C#N)C(=O)Nc2ccc([N+](=O)[O-])cc2C)cc1. The lowest BCUT2D eigenvalue weighted by atomic mass is 10.1. The summed E-state index contributed by atoms with van der Waals surface area (Å²) in [7, 11) is 1.27. The van der Waals surface area contributed by atoms with Gasteiger partial charge in [-0.3, -0.25) is 14.9 Å². The van der Waals surface area contributed by atoms with Crippen molar-refractivity contribution in [1.82, 2.24) is 0 Å². The minimum atomic E-state index is -0.647. The highest BCUT2D eigenvalue weighted by atomic mass is 16.6. The van der Waals surface area contributed by atoms with Gasteiger partial charge in [0.2, 0.25) is 0 Å². The predicted molar refractivity (Wildman–Crippen MR) is 97.8 cm³/mol. The van der Waals surface area contributed by atoms with Crippen LogP contribution in [0.3, 0.4) is 0 Å². The van der Waals surface area contributed by atoms with Gasteiger partial charge >= 0.3 is 5.97 Å². The number of nitrogens with one attached hydrogen (secondary N) is 1. The minimum Gasteiger partial charge on any atom is -0.465 e. The summed E-state index contributed by atoms with van der Waals surface area (Å²) >= 11 is 0. The first-order valence-corrected chi connectivity index (χ1v) is 7.72. The fourth-order valence-electron chi connectivity index (χ4n) is 2.24. The Balaban J connectivity index is 2.21. The van der Waals surface area contributed by atoms with Crippen molar-refractivity contribution < 1.29 is 19.2 Å². The number of aryl methyl sites for hydroxylation is 1. The van der Waals surface area contributed by atoms with Crippen molar-refractivity contribution in [1.29, 1.82) is 5.26 Å². The molecular formula is C19H15N3O5. The van der Waals surface area contributed by atoms with Crippen LogP contribution in [-0.2, 0) is 9.53 Å². The van der Waals surface area contributed by atoms with Gasteiger partial charge < -0.3 is 10.1 Å². The van der Waals surface area contributed by atoms with E-state index in [1.807, 2.05) is 6.07 Å². The number of non-ortho nitro benzene ring substituents is 1. The minimum absolute atomic E-state index is 0.0905. The molecule has 0 aliphatic carbocycles. The molecule has 1 N–H and O–H groups in total. The molecule has 0 saturated heterocycles. The van der Waals surface area contributed by atoms with Crippen LogP contribution in [0.5, 0.6) is 0 Å². The second-order valence-corrected chi connectivity index (χ2v) is 5.49. The Bertz CT molecular complexity index is 972. The third kappa shape index (κ3) is 4.76. The third-order valence-corrected chi connectivity index (χ3v) is 3.68. The van der Waals surface area contributed by atoms with Crippen molar-refractivity contribution in [3.63, 3.8) is 0 Å². The molecule has 0 spiro atoms. The van der Waals surface area contributed by atoms with E-state index in [9.17, 15) is 25.0 Å². The zero-order valence-corrected chi connectivity index (χ0v) is 14.6. The van der Waals surface area contributed by atoms with Gasteiger partial charge in [-0.1, -0.05) is 12.1 Å². The van der Waals surface area contributed by atoms with Crippen LogP contribution in [0.4, 0.5) is 11.4 Å². The highest BCUT2D eigenvalue weighted by Gasteiger charge is 2.13. The predicted octanol–water partition coefficient (Wildman–Crippen LogP) is 3.24. The van der Waals surface area contributed by atoms with Crippen LogP contribution in [0.1, 0.15) is 21.5 Å². The van der Waals surface area contributed by atoms with Crippen molar-refractivity contribution >= 4 is 29.3 Å². The number of nitro benzene ring substituents is 1. The number of methoxy groups -OCH3 is 1. The van der Waals surface area contributed by atoms with Gasteiger partial charge in [-0.2, -0.15) is 5.26 Å². The molecule has 0 unspecified atom stereocenters. The number of carbonyl (C=O) groups excluding carboxylic acids is 2. The molecule has 0 aromatic heterocycles. The quantitative estimate of drug-likeness (QED) is 0.285. The Labute approximate surface area is 154 Å². The molecule has 0 aliphatic heterocycles. The lowest BCUT2D eigenvalue weighted by Crippen LogP contribution is -2.14. The average Bonchev–Trinajstić information content (AvgIpc) is 2.67. The summed E-state index contributed by atoms with van der Waals surface area (Å²) in [5.74, 6) is -1.14. The largest absolute Gasteiger partial charge is 0.465 e. The Morgan fingerprint density at radius 3 is 2.41 bits per heavy atom. The molecule has 0 aliphatic rings. The van der Waals surface area contributed by atoms with Crippen molar-refractivity contribution in [2.75, 3.05) is 12.4 Å². The van der Waals surface area contributed by atoms with Gasteiger partial charge in [-0.25, -0.2) is 4.79 Å².